The number of ether oxygens (including phenoxy) is 4. The molecule has 0 saturated carbocycles. The second kappa shape index (κ2) is 71.7. The normalized spacial score (nSPS) is 13.9. The predicted octanol–water partition coefficient (Wildman–Crippen LogP) is 23.9. The summed E-state index contributed by atoms with van der Waals surface area (Å²) in [7, 11) is -9.91. The van der Waals surface area contributed by atoms with Crippen LogP contribution < -0.4 is 0 Å². The van der Waals surface area contributed by atoms with Gasteiger partial charge in [0.25, 0.3) is 0 Å². The summed E-state index contributed by atoms with van der Waals surface area (Å²) < 4.78 is 68.5. The molecule has 5 atom stereocenters. The van der Waals surface area contributed by atoms with E-state index in [9.17, 15) is 43.2 Å². The highest BCUT2D eigenvalue weighted by atomic mass is 31.2. The lowest BCUT2D eigenvalue weighted by Gasteiger charge is -2.21. The molecule has 19 heteroatoms. The molecule has 0 fully saturated rings. The number of hydrogen-bond acceptors (Lipinski definition) is 15. The summed E-state index contributed by atoms with van der Waals surface area (Å²) in [6.07, 6.45) is 61.5. The van der Waals surface area contributed by atoms with Gasteiger partial charge in [-0.15, -0.1) is 0 Å². The van der Waals surface area contributed by atoms with E-state index in [1.165, 1.54) is 231 Å². The van der Waals surface area contributed by atoms with Crippen molar-refractivity contribution in [1.82, 2.24) is 0 Å². The Morgan fingerprint density at radius 2 is 0.465 bits per heavy atom. The van der Waals surface area contributed by atoms with Crippen molar-refractivity contribution in [3.63, 3.8) is 0 Å². The van der Waals surface area contributed by atoms with Crippen LogP contribution >= 0.6 is 15.6 Å². The van der Waals surface area contributed by atoms with Gasteiger partial charge in [0.05, 0.1) is 26.4 Å². The van der Waals surface area contributed by atoms with Crippen molar-refractivity contribution in [3.8, 4) is 0 Å². The number of unbranched alkanes of at least 4 members (excludes halogenated alkanes) is 49. The maximum absolute atomic E-state index is 13.1. The zero-order valence-corrected chi connectivity index (χ0v) is 66.6. The number of aliphatic hydroxyl groups is 1. The average molecular weight is 1450 g/mol. The summed E-state index contributed by atoms with van der Waals surface area (Å²) in [5, 5.41) is 10.6. The fourth-order valence-electron chi connectivity index (χ4n) is 12.4. The van der Waals surface area contributed by atoms with Gasteiger partial charge in [-0.2, -0.15) is 0 Å². The first-order valence-corrected chi connectivity index (χ1v) is 44.5. The van der Waals surface area contributed by atoms with E-state index < -0.39 is 97.5 Å². The van der Waals surface area contributed by atoms with E-state index in [4.69, 9.17) is 37.0 Å². The molecule has 0 saturated heterocycles. The van der Waals surface area contributed by atoms with Gasteiger partial charge in [0.1, 0.15) is 19.3 Å². The first kappa shape index (κ1) is 97.1. The molecule has 2 unspecified atom stereocenters. The van der Waals surface area contributed by atoms with Crippen molar-refractivity contribution in [1.29, 1.82) is 0 Å². The SMILES string of the molecule is CCCCCCCCCCCCCCCCCCCCC(=O)O[C@H](COC(=O)CCCCCCC)COP(=O)(O)OC[C@H](O)COP(=O)(O)OC[C@@H](COC(=O)CCCCCCCCCCCCCCCCCC(C)C)OC(=O)CCCCCCCCCCCCCCCCCC(C)C. The highest BCUT2D eigenvalue weighted by Crippen LogP contribution is 2.45. The van der Waals surface area contributed by atoms with E-state index in [-0.39, 0.29) is 25.7 Å². The molecule has 0 amide bonds. The van der Waals surface area contributed by atoms with Crippen LogP contribution in [0.2, 0.25) is 0 Å². The third kappa shape index (κ3) is 74.1. The number of phosphoric acid groups is 2. The lowest BCUT2D eigenvalue weighted by Crippen LogP contribution is -2.30. The maximum atomic E-state index is 13.1. The summed E-state index contributed by atoms with van der Waals surface area (Å²) in [5.41, 5.74) is 0. The third-order valence-corrected chi connectivity index (χ3v) is 20.6. The second-order valence-electron chi connectivity index (χ2n) is 29.8. The van der Waals surface area contributed by atoms with Gasteiger partial charge in [0.2, 0.25) is 0 Å². The minimum absolute atomic E-state index is 0.108. The first-order valence-electron chi connectivity index (χ1n) is 41.5. The lowest BCUT2D eigenvalue weighted by atomic mass is 10.0. The molecule has 0 aromatic carbocycles. The van der Waals surface area contributed by atoms with Gasteiger partial charge in [-0.05, 0) is 37.5 Å². The molecule has 0 bridgehead atoms. The number of phosphoric ester groups is 2. The molecule has 17 nitrogen and oxygen atoms in total. The lowest BCUT2D eigenvalue weighted by molar-refractivity contribution is -0.161. The average Bonchev–Trinajstić information content (AvgIpc) is 1.11. The number of carbonyl (C=O) groups is 4. The molecule has 0 heterocycles. The Bertz CT molecular complexity index is 1910. The molecule has 0 rings (SSSR count). The van der Waals surface area contributed by atoms with Gasteiger partial charge >= 0.3 is 39.5 Å². The minimum Gasteiger partial charge on any atom is -0.462 e. The Morgan fingerprint density at radius 3 is 0.687 bits per heavy atom. The molecule has 0 aliphatic heterocycles. The number of hydrogen-bond donors (Lipinski definition) is 3. The van der Waals surface area contributed by atoms with E-state index >= 15 is 0 Å². The highest BCUT2D eigenvalue weighted by Gasteiger charge is 2.30. The Morgan fingerprint density at radius 1 is 0.273 bits per heavy atom. The Balaban J connectivity index is 5.12. The van der Waals surface area contributed by atoms with Crippen LogP contribution in [-0.4, -0.2) is 96.7 Å². The molecule has 0 aliphatic rings. The van der Waals surface area contributed by atoms with Crippen LogP contribution in [0.1, 0.15) is 420 Å². The van der Waals surface area contributed by atoms with E-state index in [1.54, 1.807) is 0 Å². The molecular formula is C80H156O17P2. The van der Waals surface area contributed by atoms with E-state index in [1.807, 2.05) is 0 Å². The van der Waals surface area contributed by atoms with Crippen LogP contribution in [0.15, 0.2) is 0 Å². The molecule has 0 aromatic rings. The Hall–Kier alpha value is -1.94. The standard InChI is InChI=1S/C80H156O17P2/c1-7-9-11-13-14-15-16-17-18-19-20-25-31-36-41-46-52-58-64-79(84)96-75(68-90-77(82)62-56-48-12-10-8-2)70-94-98(86,87)92-66-74(81)67-93-99(88,89)95-71-76(97-80(85)65-59-53-47-42-37-32-27-22-24-29-34-39-44-50-55-61-73(5)6)69-91-78(83)63-57-51-45-40-35-30-26-21-23-28-33-38-43-49-54-60-72(3)4/h72-76,81H,7-71H2,1-6H3,(H,86,87)(H,88,89)/t74-,75+,76+/m0/s1. The molecule has 99 heavy (non-hydrogen) atoms. The van der Waals surface area contributed by atoms with Crippen molar-refractivity contribution in [2.24, 2.45) is 11.8 Å². The summed E-state index contributed by atoms with van der Waals surface area (Å²) in [6, 6.07) is 0. The summed E-state index contributed by atoms with van der Waals surface area (Å²) >= 11 is 0. The number of rotatable bonds is 79. The van der Waals surface area contributed by atoms with E-state index in [0.717, 1.165) is 108 Å². The number of aliphatic hydroxyl groups excluding tert-OH is 1. The van der Waals surface area contributed by atoms with E-state index in [0.29, 0.717) is 25.7 Å². The number of carbonyl (C=O) groups excluding carboxylic acids is 4. The fourth-order valence-corrected chi connectivity index (χ4v) is 13.9. The zero-order valence-electron chi connectivity index (χ0n) is 64.8. The molecule has 3 N–H and O–H groups in total. The van der Waals surface area contributed by atoms with Crippen molar-refractivity contribution >= 4 is 39.5 Å². The quantitative estimate of drug-likeness (QED) is 0.0222. The van der Waals surface area contributed by atoms with Gasteiger partial charge in [0.15, 0.2) is 12.2 Å². The number of esters is 4. The van der Waals surface area contributed by atoms with Gasteiger partial charge < -0.3 is 33.8 Å². The van der Waals surface area contributed by atoms with Crippen molar-refractivity contribution < 1.29 is 80.2 Å². The van der Waals surface area contributed by atoms with Gasteiger partial charge in [-0.1, -0.05) is 369 Å². The van der Waals surface area contributed by atoms with Crippen molar-refractivity contribution in [2.75, 3.05) is 39.6 Å². The summed E-state index contributed by atoms with van der Waals surface area (Å²) in [5.74, 6) is -0.512. The molecular weight excluding hydrogens is 1290 g/mol. The van der Waals surface area contributed by atoms with Crippen LogP contribution in [0.3, 0.4) is 0 Å². The summed E-state index contributed by atoms with van der Waals surface area (Å²) in [4.78, 5) is 72.7. The Kier molecular flexibility index (Phi) is 70.3. The first-order chi connectivity index (χ1) is 47.9. The molecule has 588 valence electrons. The molecule has 0 aromatic heterocycles. The van der Waals surface area contributed by atoms with Crippen molar-refractivity contribution in [2.45, 2.75) is 439 Å². The summed E-state index contributed by atoms with van der Waals surface area (Å²) in [6.45, 7) is 9.60. The van der Waals surface area contributed by atoms with Gasteiger partial charge in [0, 0.05) is 25.7 Å². The fraction of sp³-hybridized carbons (Fsp3) is 0.950. The van der Waals surface area contributed by atoms with Crippen LogP contribution in [0.5, 0.6) is 0 Å². The largest absolute Gasteiger partial charge is 0.472 e. The maximum Gasteiger partial charge on any atom is 0.472 e. The van der Waals surface area contributed by atoms with Gasteiger partial charge in [-0.3, -0.25) is 37.3 Å². The second-order valence-corrected chi connectivity index (χ2v) is 32.7. The van der Waals surface area contributed by atoms with E-state index in [2.05, 4.69) is 41.5 Å². The molecule has 0 spiro atoms. The molecule has 0 aliphatic carbocycles. The predicted molar refractivity (Wildman–Crippen MR) is 405 cm³/mol. The van der Waals surface area contributed by atoms with Gasteiger partial charge in [-0.25, -0.2) is 9.13 Å². The van der Waals surface area contributed by atoms with Crippen LogP contribution in [0, 0.1) is 11.8 Å². The third-order valence-electron chi connectivity index (χ3n) is 18.7. The monoisotopic (exact) mass is 1450 g/mol. The van der Waals surface area contributed by atoms with Crippen molar-refractivity contribution in [3.05, 3.63) is 0 Å². The molecule has 0 radical (unpaired) electrons. The topological polar surface area (TPSA) is 237 Å². The Labute approximate surface area is 607 Å². The highest BCUT2D eigenvalue weighted by molar-refractivity contribution is 7.47. The smallest absolute Gasteiger partial charge is 0.462 e. The minimum atomic E-state index is -4.96. The van der Waals surface area contributed by atoms with Crippen LogP contribution in [-0.2, 0) is 65.4 Å². The zero-order chi connectivity index (χ0) is 72.8. The van der Waals surface area contributed by atoms with Crippen LogP contribution in [0.4, 0.5) is 0 Å². The van der Waals surface area contributed by atoms with Crippen LogP contribution in [0.25, 0.3) is 0 Å².